The molecule has 2 aromatic rings. The molecule has 110 valence electrons. The molecule has 0 spiro atoms. The van der Waals surface area contributed by atoms with E-state index in [2.05, 4.69) is 60.1 Å². The Morgan fingerprint density at radius 1 is 1.29 bits per heavy atom. The van der Waals surface area contributed by atoms with Crippen molar-refractivity contribution in [3.05, 3.63) is 62.6 Å². The second-order valence-electron chi connectivity index (χ2n) is 5.78. The van der Waals surface area contributed by atoms with Crippen molar-refractivity contribution >= 4 is 15.9 Å². The van der Waals surface area contributed by atoms with Gasteiger partial charge in [-0.1, -0.05) is 40.2 Å². The van der Waals surface area contributed by atoms with Crippen LogP contribution in [0.4, 0.5) is 0 Å². The van der Waals surface area contributed by atoms with Gasteiger partial charge in [-0.3, -0.25) is 0 Å². The number of ether oxygens (including phenoxy) is 1. The van der Waals surface area contributed by atoms with Gasteiger partial charge in [0.2, 0.25) is 0 Å². The second-order valence-corrected chi connectivity index (χ2v) is 6.64. The number of nitrogens with two attached hydrogens (primary N) is 1. The van der Waals surface area contributed by atoms with Crippen molar-refractivity contribution in [2.75, 3.05) is 7.11 Å². The fraction of sp³-hybridized carbons (Fsp3) is 0.333. The van der Waals surface area contributed by atoms with Crippen molar-refractivity contribution in [2.45, 2.75) is 32.2 Å². The second kappa shape index (κ2) is 5.47. The third kappa shape index (κ3) is 2.29. The minimum atomic E-state index is -0.0361. The third-order valence-corrected chi connectivity index (χ3v) is 5.40. The Morgan fingerprint density at radius 3 is 2.67 bits per heavy atom. The quantitative estimate of drug-likeness (QED) is 0.893. The molecule has 1 aliphatic rings. The van der Waals surface area contributed by atoms with Crippen LogP contribution >= 0.6 is 15.9 Å². The van der Waals surface area contributed by atoms with E-state index in [1.807, 2.05) is 0 Å². The first-order valence-electron chi connectivity index (χ1n) is 7.21. The summed E-state index contributed by atoms with van der Waals surface area (Å²) in [6.07, 6.45) is 1.05. The van der Waals surface area contributed by atoms with Crippen molar-refractivity contribution in [1.82, 2.24) is 0 Å². The van der Waals surface area contributed by atoms with Gasteiger partial charge in [0.15, 0.2) is 0 Å². The number of hydrogen-bond donors (Lipinski definition) is 1. The van der Waals surface area contributed by atoms with Crippen molar-refractivity contribution in [3.63, 3.8) is 0 Å². The summed E-state index contributed by atoms with van der Waals surface area (Å²) in [5.74, 6) is 1.30. The summed E-state index contributed by atoms with van der Waals surface area (Å²) in [5.41, 5.74) is 12.8. The van der Waals surface area contributed by atoms with E-state index in [0.29, 0.717) is 5.92 Å². The molecule has 2 unspecified atom stereocenters. The summed E-state index contributed by atoms with van der Waals surface area (Å²) in [5, 5.41) is 0. The molecule has 0 fully saturated rings. The predicted molar refractivity (Wildman–Crippen MR) is 90.0 cm³/mol. The Morgan fingerprint density at radius 2 is 2.00 bits per heavy atom. The van der Waals surface area contributed by atoms with Crippen LogP contribution in [0.15, 0.2) is 34.8 Å². The summed E-state index contributed by atoms with van der Waals surface area (Å²) < 4.78 is 6.74. The van der Waals surface area contributed by atoms with Gasteiger partial charge in [-0.2, -0.15) is 0 Å². The van der Waals surface area contributed by atoms with Gasteiger partial charge in [-0.05, 0) is 48.6 Å². The van der Waals surface area contributed by atoms with Gasteiger partial charge in [0, 0.05) is 22.0 Å². The third-order valence-electron chi connectivity index (χ3n) is 4.57. The van der Waals surface area contributed by atoms with E-state index in [0.717, 1.165) is 27.8 Å². The lowest BCUT2D eigenvalue weighted by Crippen LogP contribution is -2.30. The van der Waals surface area contributed by atoms with Crippen molar-refractivity contribution in [1.29, 1.82) is 0 Å². The Bertz CT molecular complexity index is 696. The molecular weight excluding hydrogens is 326 g/mol. The molecule has 2 nitrogen and oxygen atoms in total. The monoisotopic (exact) mass is 345 g/mol. The molecule has 0 amide bonds. The van der Waals surface area contributed by atoms with E-state index in [4.69, 9.17) is 10.5 Å². The summed E-state index contributed by atoms with van der Waals surface area (Å²) in [6.45, 7) is 4.17. The first-order chi connectivity index (χ1) is 10.0. The van der Waals surface area contributed by atoms with Gasteiger partial charge in [0.05, 0.1) is 7.11 Å². The average molecular weight is 346 g/mol. The number of halogens is 1. The molecule has 0 saturated heterocycles. The fourth-order valence-corrected chi connectivity index (χ4v) is 3.92. The van der Waals surface area contributed by atoms with Crippen LogP contribution in [-0.4, -0.2) is 7.11 Å². The Hall–Kier alpha value is -1.32. The molecule has 1 aliphatic carbocycles. The topological polar surface area (TPSA) is 35.2 Å². The number of fused-ring (bicyclic) bond motifs is 1. The number of aryl methyl sites for hydroxylation is 1. The zero-order chi connectivity index (χ0) is 15.1. The maximum atomic E-state index is 6.63. The highest BCUT2D eigenvalue weighted by Crippen LogP contribution is 2.46. The van der Waals surface area contributed by atoms with E-state index in [9.17, 15) is 0 Å². The molecular formula is C18H20BrNO. The van der Waals surface area contributed by atoms with Crippen molar-refractivity contribution < 1.29 is 4.74 Å². The lowest BCUT2D eigenvalue weighted by molar-refractivity contribution is 0.392. The van der Waals surface area contributed by atoms with E-state index < -0.39 is 0 Å². The summed E-state index contributed by atoms with van der Waals surface area (Å²) in [7, 11) is 1.72. The fourth-order valence-electron chi connectivity index (χ4n) is 3.37. The van der Waals surface area contributed by atoms with E-state index in [1.165, 1.54) is 16.7 Å². The molecule has 3 heteroatoms. The molecule has 0 aromatic heterocycles. The van der Waals surface area contributed by atoms with Crippen LogP contribution in [0.3, 0.4) is 0 Å². The highest BCUT2D eigenvalue weighted by molar-refractivity contribution is 9.10. The number of benzene rings is 2. The largest absolute Gasteiger partial charge is 0.496 e. The van der Waals surface area contributed by atoms with Crippen molar-refractivity contribution in [3.8, 4) is 5.75 Å². The predicted octanol–water partition coefficient (Wildman–Crippen LogP) is 4.41. The SMILES string of the molecule is COc1c(C)cc(Br)c(C)c1C(N)C1Cc2ccccc21. The van der Waals surface area contributed by atoms with E-state index >= 15 is 0 Å². The molecule has 2 aromatic carbocycles. The van der Waals surface area contributed by atoms with Gasteiger partial charge in [0.25, 0.3) is 0 Å². The van der Waals surface area contributed by atoms with Gasteiger partial charge >= 0.3 is 0 Å². The molecule has 2 N–H and O–H groups in total. The number of methoxy groups -OCH3 is 1. The minimum absolute atomic E-state index is 0.0361. The summed E-state index contributed by atoms with van der Waals surface area (Å²) in [4.78, 5) is 0. The maximum Gasteiger partial charge on any atom is 0.126 e. The highest BCUT2D eigenvalue weighted by atomic mass is 79.9. The van der Waals surface area contributed by atoms with Crippen LogP contribution in [0, 0.1) is 13.8 Å². The Balaban J connectivity index is 2.05. The molecule has 3 rings (SSSR count). The average Bonchev–Trinajstić information content (AvgIpc) is 2.43. The van der Waals surface area contributed by atoms with Crippen LogP contribution in [-0.2, 0) is 6.42 Å². The molecule has 21 heavy (non-hydrogen) atoms. The lowest BCUT2D eigenvalue weighted by atomic mass is 9.71. The highest BCUT2D eigenvalue weighted by Gasteiger charge is 2.34. The smallest absolute Gasteiger partial charge is 0.126 e. The molecule has 0 saturated carbocycles. The van der Waals surface area contributed by atoms with Gasteiger partial charge in [-0.15, -0.1) is 0 Å². The molecule has 0 aliphatic heterocycles. The van der Waals surface area contributed by atoms with Gasteiger partial charge < -0.3 is 10.5 Å². The van der Waals surface area contributed by atoms with Crippen molar-refractivity contribution in [2.24, 2.45) is 5.73 Å². The first kappa shape index (κ1) is 14.6. The van der Waals surface area contributed by atoms with E-state index in [-0.39, 0.29) is 6.04 Å². The molecule has 0 heterocycles. The molecule has 0 bridgehead atoms. The summed E-state index contributed by atoms with van der Waals surface area (Å²) >= 11 is 3.64. The van der Waals surface area contributed by atoms with Gasteiger partial charge in [0.1, 0.15) is 5.75 Å². The zero-order valence-electron chi connectivity index (χ0n) is 12.6. The summed E-state index contributed by atoms with van der Waals surface area (Å²) in [6, 6.07) is 10.6. The maximum absolute atomic E-state index is 6.63. The normalized spacial score (nSPS) is 17.9. The standard InChI is InChI=1S/C18H20BrNO/c1-10-8-15(19)11(2)16(18(10)21-3)17(20)14-9-12-6-4-5-7-13(12)14/h4-8,14,17H,9,20H2,1-3H3. The zero-order valence-corrected chi connectivity index (χ0v) is 14.2. The van der Waals surface area contributed by atoms with Gasteiger partial charge in [-0.25, -0.2) is 0 Å². The number of hydrogen-bond acceptors (Lipinski definition) is 2. The molecule has 0 radical (unpaired) electrons. The van der Waals surface area contributed by atoms with Crippen LogP contribution < -0.4 is 10.5 Å². The van der Waals surface area contributed by atoms with Crippen LogP contribution in [0.2, 0.25) is 0 Å². The number of rotatable bonds is 3. The van der Waals surface area contributed by atoms with Crippen LogP contribution in [0.1, 0.15) is 39.8 Å². The van der Waals surface area contributed by atoms with Crippen LogP contribution in [0.25, 0.3) is 0 Å². The Kier molecular flexibility index (Phi) is 3.80. The lowest BCUT2D eigenvalue weighted by Gasteiger charge is -2.36. The van der Waals surface area contributed by atoms with Crippen LogP contribution in [0.5, 0.6) is 5.75 Å². The Labute approximate surface area is 134 Å². The molecule has 2 atom stereocenters. The first-order valence-corrected chi connectivity index (χ1v) is 8.00. The van der Waals surface area contributed by atoms with E-state index in [1.54, 1.807) is 7.11 Å². The minimum Gasteiger partial charge on any atom is -0.496 e.